The summed E-state index contributed by atoms with van der Waals surface area (Å²) in [7, 11) is 1.51. The molecular formula is C27H40N2O6. The van der Waals surface area contributed by atoms with Crippen LogP contribution >= 0.6 is 0 Å². The molecule has 0 aromatic carbocycles. The van der Waals surface area contributed by atoms with Crippen molar-refractivity contribution in [2.24, 2.45) is 23.7 Å². The molecule has 1 saturated heterocycles. The Kier molecular flexibility index (Phi) is 7.57. The van der Waals surface area contributed by atoms with Crippen LogP contribution in [-0.4, -0.2) is 69.0 Å². The van der Waals surface area contributed by atoms with E-state index in [4.69, 9.17) is 14.2 Å². The Bertz CT molecular complexity index is 941. The van der Waals surface area contributed by atoms with E-state index in [0.717, 1.165) is 12.0 Å². The average molecular weight is 489 g/mol. The highest BCUT2D eigenvalue weighted by molar-refractivity contribution is 5.75. The SMILES string of the molecule is CO[C@H]1C[C@H]2C=C[C@@H]3C[C@]2(O[C@H]3C(C(C)[C@H](C)O)n2ccnc2)/C(C)=C/[C@@H](C)[C@@H]([C@@H](C)O)OC1=O. The van der Waals surface area contributed by atoms with Crippen molar-refractivity contribution in [3.63, 3.8) is 0 Å². The van der Waals surface area contributed by atoms with Crippen LogP contribution in [0.3, 0.4) is 0 Å². The zero-order valence-corrected chi connectivity index (χ0v) is 21.6. The number of aliphatic hydroxyl groups is 2. The van der Waals surface area contributed by atoms with Crippen molar-refractivity contribution in [2.75, 3.05) is 7.11 Å². The van der Waals surface area contributed by atoms with E-state index in [1.165, 1.54) is 7.11 Å². The number of carbonyl (C=O) groups excluding carboxylic acids is 1. The fraction of sp³-hybridized carbons (Fsp3) is 0.704. The number of methoxy groups -OCH3 is 1. The van der Waals surface area contributed by atoms with Gasteiger partial charge in [-0.1, -0.05) is 32.1 Å². The molecule has 3 aliphatic rings. The van der Waals surface area contributed by atoms with E-state index in [1.54, 1.807) is 19.4 Å². The summed E-state index contributed by atoms with van der Waals surface area (Å²) in [5, 5.41) is 20.9. The Morgan fingerprint density at radius 1 is 1.23 bits per heavy atom. The largest absolute Gasteiger partial charge is 0.457 e. The number of fused-ring (bicyclic) bond motifs is 1. The third kappa shape index (κ3) is 4.73. The molecule has 1 aromatic rings. The van der Waals surface area contributed by atoms with Crippen molar-refractivity contribution in [3.8, 4) is 0 Å². The van der Waals surface area contributed by atoms with E-state index < -0.39 is 36.0 Å². The highest BCUT2D eigenvalue weighted by Gasteiger charge is 2.57. The van der Waals surface area contributed by atoms with E-state index in [-0.39, 0.29) is 35.8 Å². The van der Waals surface area contributed by atoms with E-state index >= 15 is 0 Å². The van der Waals surface area contributed by atoms with Crippen molar-refractivity contribution < 1.29 is 29.2 Å². The lowest BCUT2D eigenvalue weighted by molar-refractivity contribution is -0.171. The summed E-state index contributed by atoms with van der Waals surface area (Å²) in [6, 6.07) is -0.112. The van der Waals surface area contributed by atoms with Crippen molar-refractivity contribution in [2.45, 2.75) is 89.6 Å². The lowest BCUT2D eigenvalue weighted by Crippen LogP contribution is -2.46. The first kappa shape index (κ1) is 26.1. The first-order valence-electron chi connectivity index (χ1n) is 12.7. The Balaban J connectivity index is 1.78. The molecule has 8 heteroatoms. The highest BCUT2D eigenvalue weighted by Crippen LogP contribution is 2.54. The van der Waals surface area contributed by atoms with Crippen LogP contribution in [0.15, 0.2) is 42.5 Å². The standard InChI is InChI=1S/C27H40N2O6/c1-15-11-16(2)27-13-20(25(35-27)23(17(3)18(4)30)29-10-9-28-14-29)7-8-21(27)12-22(33-6)26(32)34-24(15)19(5)31/h7-11,14-15,17-25,30-31H,12-13H2,1-6H3/b16-11+/t15-,17?,18+,19-,20-,21-,22+,23?,24+,25-,27+/m1/s1. The molecule has 1 aromatic heterocycles. The van der Waals surface area contributed by atoms with Gasteiger partial charge in [-0.2, -0.15) is 0 Å². The number of esters is 1. The molecule has 0 saturated carbocycles. The number of rotatable bonds is 6. The van der Waals surface area contributed by atoms with Crippen molar-refractivity contribution >= 4 is 5.97 Å². The predicted molar refractivity (Wildman–Crippen MR) is 130 cm³/mol. The molecule has 2 bridgehead atoms. The van der Waals surface area contributed by atoms with Crippen LogP contribution < -0.4 is 0 Å². The zero-order valence-electron chi connectivity index (χ0n) is 21.6. The number of carbonyl (C=O) groups is 1. The lowest BCUT2D eigenvalue weighted by Gasteiger charge is -2.42. The molecule has 3 heterocycles. The molecule has 194 valence electrons. The second-order valence-corrected chi connectivity index (χ2v) is 10.7. The van der Waals surface area contributed by atoms with Gasteiger partial charge in [-0.25, -0.2) is 9.78 Å². The van der Waals surface area contributed by atoms with Gasteiger partial charge in [0.05, 0.1) is 36.3 Å². The van der Waals surface area contributed by atoms with Gasteiger partial charge >= 0.3 is 5.97 Å². The van der Waals surface area contributed by atoms with E-state index in [1.807, 2.05) is 31.5 Å². The van der Waals surface area contributed by atoms with Gasteiger partial charge in [-0.15, -0.1) is 0 Å². The monoisotopic (exact) mass is 488 g/mol. The number of cyclic esters (lactones) is 1. The molecule has 2 N–H and O–H groups in total. The van der Waals surface area contributed by atoms with Gasteiger partial charge in [0.2, 0.25) is 0 Å². The van der Waals surface area contributed by atoms with E-state index in [9.17, 15) is 15.0 Å². The summed E-state index contributed by atoms with van der Waals surface area (Å²) in [6.07, 6.45) is 10.2. The van der Waals surface area contributed by atoms with Crippen LogP contribution in [0.5, 0.6) is 0 Å². The number of hydrogen-bond donors (Lipinski definition) is 2. The van der Waals surface area contributed by atoms with Crippen LogP contribution in [-0.2, 0) is 19.0 Å². The summed E-state index contributed by atoms with van der Waals surface area (Å²) in [6.45, 7) is 9.53. The molecule has 2 aliphatic heterocycles. The second kappa shape index (κ2) is 10.2. The van der Waals surface area contributed by atoms with Gasteiger partial charge in [0, 0.05) is 43.2 Å². The number of nitrogens with zero attached hydrogens (tertiary/aromatic N) is 2. The zero-order chi connectivity index (χ0) is 25.5. The van der Waals surface area contributed by atoms with Crippen LogP contribution in [0, 0.1) is 23.7 Å². The molecule has 1 aliphatic carbocycles. The summed E-state index contributed by atoms with van der Waals surface area (Å²) < 4.78 is 20.4. The Morgan fingerprint density at radius 3 is 2.57 bits per heavy atom. The van der Waals surface area contributed by atoms with Crippen LogP contribution in [0.25, 0.3) is 0 Å². The topological polar surface area (TPSA) is 103 Å². The maximum atomic E-state index is 13.0. The first-order chi connectivity index (χ1) is 16.6. The van der Waals surface area contributed by atoms with E-state index in [2.05, 4.69) is 30.1 Å². The second-order valence-electron chi connectivity index (χ2n) is 10.7. The predicted octanol–water partition coefficient (Wildman–Crippen LogP) is 3.06. The summed E-state index contributed by atoms with van der Waals surface area (Å²) in [5.41, 5.74) is 0.451. The molecule has 11 atom stereocenters. The normalized spacial score (nSPS) is 40.1. The minimum atomic E-state index is -0.822. The number of imidazole rings is 1. The van der Waals surface area contributed by atoms with Gasteiger partial charge in [-0.3, -0.25) is 0 Å². The van der Waals surface area contributed by atoms with Gasteiger partial charge in [0.25, 0.3) is 0 Å². The lowest BCUT2D eigenvalue weighted by atomic mass is 9.69. The van der Waals surface area contributed by atoms with Gasteiger partial charge < -0.3 is 29.0 Å². The number of aliphatic hydroxyl groups excluding tert-OH is 2. The quantitative estimate of drug-likeness (QED) is 0.469. The van der Waals surface area contributed by atoms with Gasteiger partial charge in [0.15, 0.2) is 6.10 Å². The van der Waals surface area contributed by atoms with Crippen molar-refractivity contribution in [1.82, 2.24) is 9.55 Å². The average Bonchev–Trinajstić information content (AvgIpc) is 3.44. The highest BCUT2D eigenvalue weighted by atomic mass is 16.6. The molecule has 8 nitrogen and oxygen atoms in total. The number of hydrogen-bond acceptors (Lipinski definition) is 7. The van der Waals surface area contributed by atoms with Crippen LogP contribution in [0.1, 0.15) is 53.5 Å². The number of ether oxygens (including phenoxy) is 3. The van der Waals surface area contributed by atoms with Gasteiger partial charge in [-0.05, 0) is 39.2 Å². The molecule has 0 amide bonds. The summed E-state index contributed by atoms with van der Waals surface area (Å²) >= 11 is 0. The smallest absolute Gasteiger partial charge is 0.335 e. The van der Waals surface area contributed by atoms with Crippen LogP contribution in [0.4, 0.5) is 0 Å². The Morgan fingerprint density at radius 2 is 1.97 bits per heavy atom. The first-order valence-corrected chi connectivity index (χ1v) is 12.7. The fourth-order valence-corrected chi connectivity index (χ4v) is 6.31. The molecular weight excluding hydrogens is 448 g/mol. The maximum absolute atomic E-state index is 13.0. The van der Waals surface area contributed by atoms with Crippen LogP contribution in [0.2, 0.25) is 0 Å². The molecule has 1 spiro atoms. The van der Waals surface area contributed by atoms with E-state index in [0.29, 0.717) is 6.42 Å². The minimum absolute atomic E-state index is 0.0686. The van der Waals surface area contributed by atoms with Crippen molar-refractivity contribution in [3.05, 3.63) is 42.5 Å². The molecule has 4 rings (SSSR count). The third-order valence-electron chi connectivity index (χ3n) is 8.44. The summed E-state index contributed by atoms with van der Waals surface area (Å²) in [4.78, 5) is 17.2. The molecule has 0 radical (unpaired) electrons. The van der Waals surface area contributed by atoms with Crippen molar-refractivity contribution in [1.29, 1.82) is 0 Å². The Hall–Kier alpha value is -2.00. The molecule has 1 fully saturated rings. The Labute approximate surface area is 208 Å². The summed E-state index contributed by atoms with van der Waals surface area (Å²) in [5.74, 6) is -0.684. The molecule has 2 unspecified atom stereocenters. The van der Waals surface area contributed by atoms with Gasteiger partial charge in [0.1, 0.15) is 6.10 Å². The third-order valence-corrected chi connectivity index (χ3v) is 8.44. The maximum Gasteiger partial charge on any atom is 0.335 e. The molecule has 35 heavy (non-hydrogen) atoms. The fourth-order valence-electron chi connectivity index (χ4n) is 6.31. The number of aromatic nitrogens is 2. The minimum Gasteiger partial charge on any atom is -0.457 e.